The van der Waals surface area contributed by atoms with Gasteiger partial charge in [0.15, 0.2) is 11.5 Å². The zero-order chi connectivity index (χ0) is 18.8. The van der Waals surface area contributed by atoms with Gasteiger partial charge in [-0.25, -0.2) is 4.98 Å². The molecule has 0 bridgehead atoms. The molecule has 4 aromatic rings. The van der Waals surface area contributed by atoms with Crippen molar-refractivity contribution in [1.82, 2.24) is 9.97 Å². The molecule has 0 spiro atoms. The molecule has 0 atom stereocenters. The Morgan fingerprint density at radius 2 is 1.70 bits per heavy atom. The average Bonchev–Trinajstić information content (AvgIpc) is 3.09. The maximum absolute atomic E-state index is 6.16. The second-order valence-electron chi connectivity index (χ2n) is 6.65. The van der Waals surface area contributed by atoms with Crippen molar-refractivity contribution < 1.29 is 9.47 Å². The van der Waals surface area contributed by atoms with Gasteiger partial charge in [-0.15, -0.1) is 0 Å². The quantitative estimate of drug-likeness (QED) is 0.517. The molecule has 0 saturated carbocycles. The normalized spacial score (nSPS) is 10.9. The van der Waals surface area contributed by atoms with Crippen LogP contribution in [0.3, 0.4) is 0 Å². The number of aryl methyl sites for hydroxylation is 2. The van der Waals surface area contributed by atoms with Gasteiger partial charge in [-0.05, 0) is 54.8 Å². The molecule has 0 fully saturated rings. The van der Waals surface area contributed by atoms with Crippen LogP contribution >= 0.6 is 0 Å². The number of methoxy groups -OCH3 is 1. The molecule has 0 amide bonds. The van der Waals surface area contributed by atoms with Crippen molar-refractivity contribution in [1.29, 1.82) is 0 Å². The van der Waals surface area contributed by atoms with Crippen LogP contribution in [0.2, 0.25) is 0 Å². The molecular weight excluding hydrogens is 336 g/mol. The Morgan fingerprint density at radius 1 is 0.926 bits per heavy atom. The lowest BCUT2D eigenvalue weighted by atomic mass is 10.1. The lowest BCUT2D eigenvalue weighted by Gasteiger charge is -2.14. The van der Waals surface area contributed by atoms with Crippen molar-refractivity contribution >= 4 is 11.0 Å². The van der Waals surface area contributed by atoms with E-state index in [0.29, 0.717) is 18.1 Å². The van der Waals surface area contributed by atoms with Gasteiger partial charge in [0.1, 0.15) is 12.4 Å². The number of nitrogens with one attached hydrogen (secondary N) is 1. The minimum atomic E-state index is 0.465. The first kappa shape index (κ1) is 17.2. The van der Waals surface area contributed by atoms with Gasteiger partial charge in [0.05, 0.1) is 23.7 Å². The zero-order valence-corrected chi connectivity index (χ0v) is 15.7. The van der Waals surface area contributed by atoms with Crippen molar-refractivity contribution in [2.24, 2.45) is 0 Å². The Kier molecular flexibility index (Phi) is 4.55. The van der Waals surface area contributed by atoms with Gasteiger partial charge in [0, 0.05) is 0 Å². The number of ether oxygens (including phenoxy) is 2. The summed E-state index contributed by atoms with van der Waals surface area (Å²) in [6, 6.07) is 20.2. The van der Waals surface area contributed by atoms with E-state index in [1.807, 2.05) is 48.5 Å². The summed E-state index contributed by atoms with van der Waals surface area (Å²) in [6.45, 7) is 4.67. The number of nitrogens with zero attached hydrogens (tertiary/aromatic N) is 1. The fourth-order valence-corrected chi connectivity index (χ4v) is 3.14. The first-order valence-corrected chi connectivity index (χ1v) is 8.97. The van der Waals surface area contributed by atoms with E-state index in [-0.39, 0.29) is 0 Å². The third-order valence-electron chi connectivity index (χ3n) is 4.78. The van der Waals surface area contributed by atoms with Crippen LogP contribution in [0.1, 0.15) is 16.7 Å². The van der Waals surface area contributed by atoms with E-state index in [9.17, 15) is 0 Å². The maximum atomic E-state index is 6.16. The Bertz CT molecular complexity index is 1050. The average molecular weight is 358 g/mol. The first-order valence-electron chi connectivity index (χ1n) is 8.97. The SMILES string of the molecule is COc1cccc(-c2nc3cc(C)c(C)cc3[nH]2)c1OCc1ccccc1. The van der Waals surface area contributed by atoms with Gasteiger partial charge in [0.2, 0.25) is 0 Å². The molecule has 0 aliphatic carbocycles. The number of para-hydroxylation sites is 1. The molecule has 3 aromatic carbocycles. The monoisotopic (exact) mass is 358 g/mol. The highest BCUT2D eigenvalue weighted by Crippen LogP contribution is 2.38. The van der Waals surface area contributed by atoms with Crippen LogP contribution in [0.4, 0.5) is 0 Å². The van der Waals surface area contributed by atoms with Gasteiger partial charge >= 0.3 is 0 Å². The standard InChI is InChI=1S/C23H22N2O2/c1-15-12-19-20(13-16(15)2)25-23(24-19)18-10-7-11-21(26-3)22(18)27-14-17-8-5-4-6-9-17/h4-13H,14H2,1-3H3,(H,24,25). The molecule has 136 valence electrons. The zero-order valence-electron chi connectivity index (χ0n) is 15.7. The fourth-order valence-electron chi connectivity index (χ4n) is 3.14. The summed E-state index contributed by atoms with van der Waals surface area (Å²) in [5.74, 6) is 2.16. The van der Waals surface area contributed by atoms with E-state index in [0.717, 1.165) is 28.0 Å². The molecule has 4 rings (SSSR count). The minimum Gasteiger partial charge on any atom is -0.493 e. The summed E-state index contributed by atoms with van der Waals surface area (Å²) in [7, 11) is 1.65. The maximum Gasteiger partial charge on any atom is 0.172 e. The summed E-state index contributed by atoms with van der Waals surface area (Å²) >= 11 is 0. The molecule has 1 N–H and O–H groups in total. The minimum absolute atomic E-state index is 0.465. The van der Waals surface area contributed by atoms with Crippen molar-refractivity contribution in [3.05, 3.63) is 77.4 Å². The Labute approximate surface area is 158 Å². The molecular formula is C23H22N2O2. The number of H-pyrrole nitrogens is 1. The summed E-state index contributed by atoms with van der Waals surface area (Å²) in [5, 5.41) is 0. The molecule has 4 heteroatoms. The molecule has 0 unspecified atom stereocenters. The smallest absolute Gasteiger partial charge is 0.172 e. The highest BCUT2D eigenvalue weighted by atomic mass is 16.5. The first-order chi connectivity index (χ1) is 13.2. The van der Waals surface area contributed by atoms with Gasteiger partial charge in [-0.1, -0.05) is 36.4 Å². The summed E-state index contributed by atoms with van der Waals surface area (Å²) in [4.78, 5) is 8.21. The molecule has 0 aliphatic heterocycles. The predicted octanol–water partition coefficient (Wildman–Crippen LogP) is 5.43. The van der Waals surface area contributed by atoms with Crippen LogP contribution in [-0.4, -0.2) is 17.1 Å². The lowest BCUT2D eigenvalue weighted by molar-refractivity contribution is 0.285. The Hall–Kier alpha value is -3.27. The predicted molar refractivity (Wildman–Crippen MR) is 108 cm³/mol. The molecule has 4 nitrogen and oxygen atoms in total. The Balaban J connectivity index is 1.76. The van der Waals surface area contributed by atoms with Crippen molar-refractivity contribution in [2.45, 2.75) is 20.5 Å². The van der Waals surface area contributed by atoms with E-state index in [1.54, 1.807) is 7.11 Å². The highest BCUT2D eigenvalue weighted by Gasteiger charge is 2.16. The van der Waals surface area contributed by atoms with Gasteiger partial charge in [-0.3, -0.25) is 0 Å². The number of imidazole rings is 1. The molecule has 0 saturated heterocycles. The van der Waals surface area contributed by atoms with E-state index in [1.165, 1.54) is 11.1 Å². The number of aromatic amines is 1. The lowest BCUT2D eigenvalue weighted by Crippen LogP contribution is -2.00. The summed E-state index contributed by atoms with van der Waals surface area (Å²) < 4.78 is 11.7. The number of hydrogen-bond acceptors (Lipinski definition) is 3. The number of aromatic nitrogens is 2. The topological polar surface area (TPSA) is 47.1 Å². The number of rotatable bonds is 5. The summed E-state index contributed by atoms with van der Waals surface area (Å²) in [5.41, 5.74) is 6.42. The molecule has 0 aliphatic rings. The molecule has 0 radical (unpaired) electrons. The van der Waals surface area contributed by atoms with Crippen molar-refractivity contribution in [2.75, 3.05) is 7.11 Å². The largest absolute Gasteiger partial charge is 0.493 e. The van der Waals surface area contributed by atoms with E-state index in [4.69, 9.17) is 14.5 Å². The van der Waals surface area contributed by atoms with Crippen LogP contribution in [0.15, 0.2) is 60.7 Å². The second-order valence-corrected chi connectivity index (χ2v) is 6.65. The number of hydrogen-bond donors (Lipinski definition) is 1. The number of fused-ring (bicyclic) bond motifs is 1. The van der Waals surface area contributed by atoms with Crippen molar-refractivity contribution in [3.8, 4) is 22.9 Å². The molecule has 27 heavy (non-hydrogen) atoms. The molecule has 1 heterocycles. The third kappa shape index (κ3) is 3.38. The van der Waals surface area contributed by atoms with Gasteiger partial charge in [0.25, 0.3) is 0 Å². The van der Waals surface area contributed by atoms with Crippen LogP contribution in [0.5, 0.6) is 11.5 Å². The Morgan fingerprint density at radius 3 is 2.48 bits per heavy atom. The second kappa shape index (κ2) is 7.16. The molecule has 1 aromatic heterocycles. The van der Waals surface area contributed by atoms with E-state index < -0.39 is 0 Å². The summed E-state index contributed by atoms with van der Waals surface area (Å²) in [6.07, 6.45) is 0. The van der Waals surface area contributed by atoms with Crippen LogP contribution in [0.25, 0.3) is 22.4 Å². The number of benzene rings is 3. The fraction of sp³-hybridized carbons (Fsp3) is 0.174. The van der Waals surface area contributed by atoms with Crippen LogP contribution in [-0.2, 0) is 6.61 Å². The van der Waals surface area contributed by atoms with Crippen molar-refractivity contribution in [3.63, 3.8) is 0 Å². The third-order valence-corrected chi connectivity index (χ3v) is 4.78. The van der Waals surface area contributed by atoms with Gasteiger partial charge in [-0.2, -0.15) is 0 Å². The van der Waals surface area contributed by atoms with E-state index in [2.05, 4.69) is 31.0 Å². The van der Waals surface area contributed by atoms with E-state index >= 15 is 0 Å². The van der Waals surface area contributed by atoms with Gasteiger partial charge < -0.3 is 14.5 Å². The van der Waals surface area contributed by atoms with Crippen LogP contribution < -0.4 is 9.47 Å². The highest BCUT2D eigenvalue weighted by molar-refractivity contribution is 5.82. The van der Waals surface area contributed by atoms with Crippen LogP contribution in [0, 0.1) is 13.8 Å².